The molecular formula is C17H30O7. The Balaban J connectivity index is 5.32. The Kier molecular flexibility index (Phi) is 11.9. The van der Waals surface area contributed by atoms with E-state index >= 15 is 0 Å². The van der Waals surface area contributed by atoms with Crippen LogP contribution in [0.4, 0.5) is 0 Å². The Labute approximate surface area is 144 Å². The number of ether oxygens (including phenoxy) is 4. The van der Waals surface area contributed by atoms with Gasteiger partial charge in [-0.05, 0) is 27.2 Å². The molecule has 0 heterocycles. The van der Waals surface area contributed by atoms with Crippen LogP contribution in [0.15, 0.2) is 0 Å². The molecule has 0 aliphatic heterocycles. The van der Waals surface area contributed by atoms with Crippen molar-refractivity contribution in [2.75, 3.05) is 26.4 Å². The maximum absolute atomic E-state index is 12.4. The van der Waals surface area contributed by atoms with E-state index in [1.807, 2.05) is 6.92 Å². The van der Waals surface area contributed by atoms with E-state index in [4.69, 9.17) is 18.9 Å². The first-order valence-electron chi connectivity index (χ1n) is 8.58. The van der Waals surface area contributed by atoms with Gasteiger partial charge in [0.25, 0.3) is 0 Å². The zero-order valence-electron chi connectivity index (χ0n) is 15.2. The van der Waals surface area contributed by atoms with E-state index in [1.165, 1.54) is 0 Å². The number of carbonyl (C=O) groups is 3. The summed E-state index contributed by atoms with van der Waals surface area (Å²) in [5, 5.41) is 0. The molecule has 0 aromatic rings. The minimum absolute atomic E-state index is 0.116. The highest BCUT2D eigenvalue weighted by molar-refractivity contribution is 5.90. The van der Waals surface area contributed by atoms with Crippen molar-refractivity contribution in [3.63, 3.8) is 0 Å². The Morgan fingerprint density at radius 2 is 1.25 bits per heavy atom. The Bertz CT molecular complexity index is 372. The molecule has 0 aromatic carbocycles. The molecule has 0 radical (unpaired) electrons. The van der Waals surface area contributed by atoms with Crippen molar-refractivity contribution in [3.8, 4) is 0 Å². The second-order valence-electron chi connectivity index (χ2n) is 5.23. The number of hydrogen-bond acceptors (Lipinski definition) is 7. The highest BCUT2D eigenvalue weighted by Crippen LogP contribution is 2.25. The highest BCUT2D eigenvalue weighted by Gasteiger charge is 2.46. The molecular weight excluding hydrogens is 316 g/mol. The SMILES string of the molecule is CCCCCOC(CC(=O)OCC)(CC(=O)OCC)C(=O)OCC. The largest absolute Gasteiger partial charge is 0.466 e. The third-order valence-electron chi connectivity index (χ3n) is 3.24. The summed E-state index contributed by atoms with van der Waals surface area (Å²) in [6.07, 6.45) is 1.84. The van der Waals surface area contributed by atoms with Gasteiger partial charge < -0.3 is 18.9 Å². The average molecular weight is 346 g/mol. The van der Waals surface area contributed by atoms with Crippen molar-refractivity contribution in [2.24, 2.45) is 0 Å². The summed E-state index contributed by atoms with van der Waals surface area (Å²) in [5.41, 5.74) is -1.71. The molecule has 7 nitrogen and oxygen atoms in total. The van der Waals surface area contributed by atoms with E-state index in [2.05, 4.69) is 0 Å². The second kappa shape index (κ2) is 12.8. The summed E-state index contributed by atoms with van der Waals surface area (Å²) in [5.74, 6) is -1.99. The van der Waals surface area contributed by atoms with Crippen LogP contribution in [0, 0.1) is 0 Å². The monoisotopic (exact) mass is 346 g/mol. The Morgan fingerprint density at radius 1 is 0.750 bits per heavy atom. The van der Waals surface area contributed by atoms with Crippen LogP contribution in [-0.4, -0.2) is 49.9 Å². The van der Waals surface area contributed by atoms with E-state index in [0.717, 1.165) is 12.8 Å². The molecule has 140 valence electrons. The molecule has 0 bridgehead atoms. The molecule has 0 saturated heterocycles. The van der Waals surface area contributed by atoms with Crippen LogP contribution in [0.2, 0.25) is 0 Å². The predicted octanol–water partition coefficient (Wildman–Crippen LogP) is 2.40. The number of rotatable bonds is 13. The molecule has 7 heteroatoms. The smallest absolute Gasteiger partial charge is 0.339 e. The number of unbranched alkanes of at least 4 members (excludes halogenated alkanes) is 2. The quantitative estimate of drug-likeness (QED) is 0.287. The molecule has 0 atom stereocenters. The summed E-state index contributed by atoms with van der Waals surface area (Å²) in [4.78, 5) is 36.3. The topological polar surface area (TPSA) is 88.1 Å². The third-order valence-corrected chi connectivity index (χ3v) is 3.24. The average Bonchev–Trinajstić information content (AvgIpc) is 2.52. The molecule has 0 fully saturated rings. The highest BCUT2D eigenvalue weighted by atomic mass is 16.6. The second-order valence-corrected chi connectivity index (χ2v) is 5.23. The summed E-state index contributed by atoms with van der Waals surface area (Å²) in [6, 6.07) is 0. The molecule has 0 aliphatic carbocycles. The van der Waals surface area contributed by atoms with Crippen LogP contribution in [0.25, 0.3) is 0 Å². The first-order chi connectivity index (χ1) is 11.5. The van der Waals surface area contributed by atoms with E-state index < -0.39 is 23.5 Å². The van der Waals surface area contributed by atoms with Gasteiger partial charge in [0.05, 0.1) is 32.7 Å². The summed E-state index contributed by atoms with van der Waals surface area (Å²) in [6.45, 7) is 7.72. The van der Waals surface area contributed by atoms with Gasteiger partial charge in [-0.1, -0.05) is 19.8 Å². The van der Waals surface area contributed by atoms with Crippen LogP contribution in [-0.2, 0) is 33.3 Å². The summed E-state index contributed by atoms with van der Waals surface area (Å²) >= 11 is 0. The lowest BCUT2D eigenvalue weighted by molar-refractivity contribution is -0.185. The third kappa shape index (κ3) is 8.29. The number of carbonyl (C=O) groups excluding carboxylic acids is 3. The maximum atomic E-state index is 12.4. The van der Waals surface area contributed by atoms with Crippen LogP contribution in [0.5, 0.6) is 0 Å². The molecule has 0 N–H and O–H groups in total. The minimum Gasteiger partial charge on any atom is -0.466 e. The van der Waals surface area contributed by atoms with E-state index in [-0.39, 0.29) is 39.3 Å². The van der Waals surface area contributed by atoms with Crippen molar-refractivity contribution in [2.45, 2.75) is 65.4 Å². The van der Waals surface area contributed by atoms with E-state index in [9.17, 15) is 14.4 Å². The van der Waals surface area contributed by atoms with Crippen molar-refractivity contribution < 1.29 is 33.3 Å². The minimum atomic E-state index is -1.71. The normalized spacial score (nSPS) is 11.0. The maximum Gasteiger partial charge on any atom is 0.339 e. The van der Waals surface area contributed by atoms with Gasteiger partial charge in [-0.2, -0.15) is 0 Å². The van der Waals surface area contributed by atoms with Gasteiger partial charge in [0.15, 0.2) is 5.60 Å². The summed E-state index contributed by atoms with van der Waals surface area (Å²) < 4.78 is 20.6. The fourth-order valence-corrected chi connectivity index (χ4v) is 2.14. The van der Waals surface area contributed by atoms with Crippen LogP contribution < -0.4 is 0 Å². The molecule has 0 aliphatic rings. The Hall–Kier alpha value is -1.63. The van der Waals surface area contributed by atoms with Gasteiger partial charge in [-0.15, -0.1) is 0 Å². The number of esters is 3. The van der Waals surface area contributed by atoms with Gasteiger partial charge in [0.2, 0.25) is 0 Å². The lowest BCUT2D eigenvalue weighted by Crippen LogP contribution is -2.47. The lowest BCUT2D eigenvalue weighted by atomic mass is 9.95. The van der Waals surface area contributed by atoms with Crippen LogP contribution in [0.3, 0.4) is 0 Å². The van der Waals surface area contributed by atoms with Crippen LogP contribution in [0.1, 0.15) is 59.8 Å². The first-order valence-corrected chi connectivity index (χ1v) is 8.58. The van der Waals surface area contributed by atoms with Crippen molar-refractivity contribution in [1.29, 1.82) is 0 Å². The fraction of sp³-hybridized carbons (Fsp3) is 0.824. The zero-order chi connectivity index (χ0) is 18.4. The molecule has 0 amide bonds. The van der Waals surface area contributed by atoms with Gasteiger partial charge in [-0.3, -0.25) is 9.59 Å². The van der Waals surface area contributed by atoms with Crippen molar-refractivity contribution in [3.05, 3.63) is 0 Å². The van der Waals surface area contributed by atoms with Crippen molar-refractivity contribution in [1.82, 2.24) is 0 Å². The van der Waals surface area contributed by atoms with Gasteiger partial charge in [-0.25, -0.2) is 4.79 Å². The predicted molar refractivity (Wildman–Crippen MR) is 87.3 cm³/mol. The van der Waals surface area contributed by atoms with Crippen molar-refractivity contribution >= 4 is 17.9 Å². The van der Waals surface area contributed by atoms with Gasteiger partial charge in [0.1, 0.15) is 0 Å². The molecule has 0 spiro atoms. The molecule has 0 unspecified atom stereocenters. The van der Waals surface area contributed by atoms with Crippen LogP contribution >= 0.6 is 0 Å². The molecule has 0 aromatic heterocycles. The summed E-state index contributed by atoms with van der Waals surface area (Å²) in [7, 11) is 0. The molecule has 24 heavy (non-hydrogen) atoms. The number of hydrogen-bond donors (Lipinski definition) is 0. The van der Waals surface area contributed by atoms with Gasteiger partial charge in [0, 0.05) is 6.61 Å². The van der Waals surface area contributed by atoms with E-state index in [0.29, 0.717) is 6.42 Å². The lowest BCUT2D eigenvalue weighted by Gasteiger charge is -2.30. The fourth-order valence-electron chi connectivity index (χ4n) is 2.14. The molecule has 0 rings (SSSR count). The Morgan fingerprint density at radius 3 is 1.67 bits per heavy atom. The van der Waals surface area contributed by atoms with Gasteiger partial charge >= 0.3 is 17.9 Å². The first kappa shape index (κ1) is 22.4. The zero-order valence-corrected chi connectivity index (χ0v) is 15.2. The molecule has 0 saturated carbocycles. The van der Waals surface area contributed by atoms with E-state index in [1.54, 1.807) is 20.8 Å². The standard InChI is InChI=1S/C17H30O7/c1-5-9-10-11-24-17(16(20)23-8-4,12-14(18)21-6-2)13-15(19)22-7-3/h5-13H2,1-4H3.